The van der Waals surface area contributed by atoms with E-state index in [1.165, 1.54) is 0 Å². The van der Waals surface area contributed by atoms with Gasteiger partial charge < -0.3 is 9.72 Å². The van der Waals surface area contributed by atoms with Gasteiger partial charge in [-0.2, -0.15) is 0 Å². The lowest BCUT2D eigenvalue weighted by Gasteiger charge is -2.07. The summed E-state index contributed by atoms with van der Waals surface area (Å²) in [4.78, 5) is 25.6. The molecule has 5 nitrogen and oxygen atoms in total. The summed E-state index contributed by atoms with van der Waals surface area (Å²) < 4.78 is 5.00. The fourth-order valence-electron chi connectivity index (χ4n) is 2.00. The van der Waals surface area contributed by atoms with E-state index >= 15 is 0 Å². The second kappa shape index (κ2) is 5.48. The van der Waals surface area contributed by atoms with Gasteiger partial charge in [0.05, 0.1) is 6.61 Å². The van der Waals surface area contributed by atoms with Crippen LogP contribution in [0, 0.1) is 11.8 Å². The smallest absolute Gasteiger partial charge is 0.355 e. The summed E-state index contributed by atoms with van der Waals surface area (Å²) >= 11 is 0. The summed E-state index contributed by atoms with van der Waals surface area (Å²) in [5.74, 6) is -0.439. The molecule has 2 rings (SSSR count). The Bertz CT molecular complexity index is 617. The third-order valence-electron chi connectivity index (χ3n) is 2.83. The summed E-state index contributed by atoms with van der Waals surface area (Å²) in [6.07, 6.45) is 1.71. The number of esters is 1. The summed E-state index contributed by atoms with van der Waals surface area (Å²) in [6.45, 7) is 3.90. The first-order valence-electron chi connectivity index (χ1n) is 5.96. The van der Waals surface area contributed by atoms with Crippen LogP contribution in [-0.2, 0) is 4.74 Å². The van der Waals surface area contributed by atoms with Crippen molar-refractivity contribution in [2.45, 2.75) is 13.8 Å². The Morgan fingerprint density at radius 1 is 1.37 bits per heavy atom. The lowest BCUT2D eigenvalue weighted by Crippen LogP contribution is -2.06. The first kappa shape index (κ1) is 13.0. The highest BCUT2D eigenvalue weighted by Crippen LogP contribution is 2.34. The van der Waals surface area contributed by atoms with E-state index in [0.717, 1.165) is 5.56 Å². The van der Waals surface area contributed by atoms with Gasteiger partial charge in [-0.1, -0.05) is 18.2 Å². The highest BCUT2D eigenvalue weighted by atomic mass is 16.5. The molecule has 0 amide bonds. The third kappa shape index (κ3) is 2.40. The summed E-state index contributed by atoms with van der Waals surface area (Å²) in [5, 5.41) is 3.00. The van der Waals surface area contributed by atoms with Gasteiger partial charge in [-0.3, -0.25) is 0 Å². The van der Waals surface area contributed by atoms with Crippen LogP contribution >= 0.6 is 0 Å². The average Bonchev–Trinajstić information content (AvgIpc) is 2.81. The Labute approximate surface area is 110 Å². The van der Waals surface area contributed by atoms with Crippen LogP contribution in [0.1, 0.15) is 23.0 Å². The second-order valence-corrected chi connectivity index (χ2v) is 4.05. The molecule has 0 saturated carbocycles. The monoisotopic (exact) mass is 258 g/mol. The van der Waals surface area contributed by atoms with E-state index in [1.54, 1.807) is 37.4 Å². The maximum Gasteiger partial charge on any atom is 0.355 e. The van der Waals surface area contributed by atoms with Crippen LogP contribution in [0.4, 0.5) is 5.69 Å². The van der Waals surface area contributed by atoms with Crippen molar-refractivity contribution < 1.29 is 9.53 Å². The van der Waals surface area contributed by atoms with Gasteiger partial charge in [-0.15, -0.1) is 4.91 Å². The molecule has 0 spiro atoms. The van der Waals surface area contributed by atoms with Crippen molar-refractivity contribution in [1.29, 1.82) is 0 Å². The number of aromatic amines is 1. The minimum atomic E-state index is -0.439. The number of carbonyl (C=O) groups excluding carboxylic acids is 1. The predicted octanol–water partition coefficient (Wildman–Crippen LogP) is 3.56. The number of H-pyrrole nitrogens is 1. The molecule has 2 aromatic rings. The molecule has 1 aromatic heterocycles. The number of carbonyl (C=O) groups is 1. The van der Waals surface area contributed by atoms with Gasteiger partial charge in [0.2, 0.25) is 0 Å². The van der Waals surface area contributed by atoms with Gasteiger partial charge in [-0.05, 0) is 30.7 Å². The number of hydrogen-bond donors (Lipinski definition) is 1. The van der Waals surface area contributed by atoms with E-state index in [9.17, 15) is 9.70 Å². The zero-order chi connectivity index (χ0) is 13.8. The molecule has 1 aromatic carbocycles. The van der Waals surface area contributed by atoms with Gasteiger partial charge in [0.15, 0.2) is 0 Å². The first-order valence-corrected chi connectivity index (χ1v) is 5.96. The number of rotatable bonds is 4. The van der Waals surface area contributed by atoms with Crippen LogP contribution in [-0.4, -0.2) is 17.6 Å². The molecule has 0 atom stereocenters. The van der Waals surface area contributed by atoms with E-state index < -0.39 is 5.97 Å². The fourth-order valence-corrected chi connectivity index (χ4v) is 2.00. The molecule has 98 valence electrons. The number of hydrogen-bond acceptors (Lipinski definition) is 4. The van der Waals surface area contributed by atoms with E-state index in [2.05, 4.69) is 10.2 Å². The van der Waals surface area contributed by atoms with Crippen molar-refractivity contribution in [3.63, 3.8) is 0 Å². The molecule has 0 aliphatic rings. The Morgan fingerprint density at radius 2 is 2.11 bits per heavy atom. The number of aryl methyl sites for hydroxylation is 1. The maximum absolute atomic E-state index is 11.9. The van der Waals surface area contributed by atoms with Gasteiger partial charge in [0.25, 0.3) is 0 Å². The fraction of sp³-hybridized carbons (Fsp3) is 0.214. The number of nitrogens with zero attached hydrogens (tertiary/aromatic N) is 1. The summed E-state index contributed by atoms with van der Waals surface area (Å²) in [7, 11) is 0. The largest absolute Gasteiger partial charge is 0.461 e. The van der Waals surface area contributed by atoms with Crippen molar-refractivity contribution in [3.05, 3.63) is 46.6 Å². The van der Waals surface area contributed by atoms with Gasteiger partial charge >= 0.3 is 5.97 Å². The molecule has 0 unspecified atom stereocenters. The van der Waals surface area contributed by atoms with Gasteiger partial charge in [-0.25, -0.2) is 4.79 Å². The molecule has 19 heavy (non-hydrogen) atoms. The summed E-state index contributed by atoms with van der Waals surface area (Å²) in [6, 6.07) is 6.90. The Kier molecular flexibility index (Phi) is 3.75. The Morgan fingerprint density at radius 3 is 2.79 bits per heavy atom. The topological polar surface area (TPSA) is 71.5 Å². The van der Waals surface area contributed by atoms with Crippen LogP contribution < -0.4 is 0 Å². The predicted molar refractivity (Wildman–Crippen MR) is 72.4 cm³/mol. The molecule has 5 heteroatoms. The SMILES string of the molecule is CCOC(=O)c1[nH]cc(C)c1-c1ccccc1N=O. The molecule has 0 radical (unpaired) electrons. The number of aromatic nitrogens is 1. The van der Waals surface area contributed by atoms with Gasteiger partial charge in [0, 0.05) is 17.3 Å². The van der Waals surface area contributed by atoms with Crippen LogP contribution in [0.25, 0.3) is 11.1 Å². The third-order valence-corrected chi connectivity index (χ3v) is 2.83. The van der Waals surface area contributed by atoms with Crippen molar-refractivity contribution in [2.75, 3.05) is 6.61 Å². The molecular weight excluding hydrogens is 244 g/mol. The average molecular weight is 258 g/mol. The molecule has 0 aliphatic carbocycles. The van der Waals surface area contributed by atoms with Gasteiger partial charge in [0.1, 0.15) is 11.4 Å². The molecule has 1 N–H and O–H groups in total. The van der Waals surface area contributed by atoms with Crippen LogP contribution in [0.15, 0.2) is 35.6 Å². The van der Waals surface area contributed by atoms with E-state index in [4.69, 9.17) is 4.74 Å². The standard InChI is InChI=1S/C14H14N2O3/c1-3-19-14(17)13-12(9(2)8-15-13)10-6-4-5-7-11(10)16-18/h4-8,15H,3H2,1-2H3. The van der Waals surface area contributed by atoms with Crippen molar-refractivity contribution in [3.8, 4) is 11.1 Å². The molecular formula is C14H14N2O3. The van der Waals surface area contributed by atoms with E-state index in [1.807, 2.05) is 6.92 Å². The van der Waals surface area contributed by atoms with Crippen LogP contribution in [0.5, 0.6) is 0 Å². The van der Waals surface area contributed by atoms with Crippen molar-refractivity contribution in [2.24, 2.45) is 5.18 Å². The Balaban J connectivity index is 2.58. The van der Waals surface area contributed by atoms with Crippen molar-refractivity contribution in [1.82, 2.24) is 4.98 Å². The molecule has 1 heterocycles. The zero-order valence-corrected chi connectivity index (χ0v) is 10.8. The molecule has 0 fully saturated rings. The number of nitroso groups, excluding NO2 is 1. The van der Waals surface area contributed by atoms with Crippen LogP contribution in [0.2, 0.25) is 0 Å². The highest BCUT2D eigenvalue weighted by molar-refractivity contribution is 5.98. The van der Waals surface area contributed by atoms with E-state index in [0.29, 0.717) is 29.1 Å². The zero-order valence-electron chi connectivity index (χ0n) is 10.8. The quantitative estimate of drug-likeness (QED) is 0.673. The normalized spacial score (nSPS) is 10.2. The lowest BCUT2D eigenvalue weighted by atomic mass is 10.0. The van der Waals surface area contributed by atoms with Crippen molar-refractivity contribution >= 4 is 11.7 Å². The minimum Gasteiger partial charge on any atom is -0.461 e. The molecule has 0 saturated heterocycles. The minimum absolute atomic E-state index is 0.296. The molecule has 0 bridgehead atoms. The Hall–Kier alpha value is -2.43. The summed E-state index contributed by atoms with van der Waals surface area (Å²) in [5.41, 5.74) is 2.79. The van der Waals surface area contributed by atoms with E-state index in [-0.39, 0.29) is 0 Å². The number of benzene rings is 1. The first-order chi connectivity index (χ1) is 9.19. The molecule has 0 aliphatic heterocycles. The van der Waals surface area contributed by atoms with Crippen LogP contribution in [0.3, 0.4) is 0 Å². The number of nitrogens with one attached hydrogen (secondary N) is 1. The lowest BCUT2D eigenvalue weighted by molar-refractivity contribution is 0.0521. The number of ether oxygens (including phenoxy) is 1. The highest BCUT2D eigenvalue weighted by Gasteiger charge is 2.20. The second-order valence-electron chi connectivity index (χ2n) is 4.05. The maximum atomic E-state index is 11.9.